The van der Waals surface area contributed by atoms with Gasteiger partial charge in [-0.2, -0.15) is 0 Å². The van der Waals surface area contributed by atoms with Crippen LogP contribution in [0.3, 0.4) is 0 Å². The largest absolute Gasteiger partial charge is 0.390 e. The number of alkyl halides is 2. The maximum atomic E-state index is 14.2. The number of halogens is 5. The molecule has 0 bridgehead atoms. The molecule has 0 aromatic heterocycles. The molecule has 1 atom stereocenters. The Labute approximate surface area is 138 Å². The number of nitrogens with zero attached hydrogens (tertiary/aromatic N) is 1. The molecule has 1 aromatic carbocycles. The number of aliphatic hydroxyl groups is 1. The van der Waals surface area contributed by atoms with Crippen LogP contribution in [-0.2, 0) is 0 Å². The highest BCUT2D eigenvalue weighted by Crippen LogP contribution is 2.41. The Bertz CT molecular complexity index is 471. The molecule has 2 N–H and O–H groups in total. The third kappa shape index (κ3) is 4.18. The van der Waals surface area contributed by atoms with Crippen LogP contribution in [0, 0.1) is 0 Å². The standard InChI is InChI=1S/C13H16Cl2F2N2O.ClH/c14-10-3-1-2-9(11(10)15)12(13(16,17)8-20)19-6-4-18-5-7-19;/h1-3,12,18,20H,4-8H2;1H/t12-;/m0./s1. The fraction of sp³-hybridized carbons (Fsp3) is 0.538. The van der Waals surface area contributed by atoms with E-state index in [1.165, 1.54) is 6.07 Å². The van der Waals surface area contributed by atoms with E-state index in [1.54, 1.807) is 17.0 Å². The maximum Gasteiger partial charge on any atom is 0.289 e. The minimum Gasteiger partial charge on any atom is -0.390 e. The molecule has 0 unspecified atom stereocenters. The van der Waals surface area contributed by atoms with E-state index in [0.717, 1.165) is 0 Å². The van der Waals surface area contributed by atoms with E-state index in [2.05, 4.69) is 5.32 Å². The quantitative estimate of drug-likeness (QED) is 0.865. The molecule has 21 heavy (non-hydrogen) atoms. The molecule has 0 radical (unpaired) electrons. The van der Waals surface area contributed by atoms with Crippen LogP contribution in [0.15, 0.2) is 18.2 Å². The Morgan fingerprint density at radius 3 is 2.48 bits per heavy atom. The SMILES string of the molecule is Cl.OCC(F)(F)[C@H](c1cccc(Cl)c1Cl)N1CCNCC1. The topological polar surface area (TPSA) is 35.5 Å². The van der Waals surface area contributed by atoms with E-state index in [0.29, 0.717) is 26.2 Å². The molecule has 1 aromatic rings. The summed E-state index contributed by atoms with van der Waals surface area (Å²) in [6.45, 7) is 0.934. The van der Waals surface area contributed by atoms with Gasteiger partial charge in [-0.05, 0) is 11.6 Å². The van der Waals surface area contributed by atoms with E-state index in [1.807, 2.05) is 0 Å². The predicted molar refractivity (Wildman–Crippen MR) is 82.9 cm³/mol. The summed E-state index contributed by atoms with van der Waals surface area (Å²) in [6.07, 6.45) is 0. The summed E-state index contributed by atoms with van der Waals surface area (Å²) < 4.78 is 28.4. The van der Waals surface area contributed by atoms with Crippen molar-refractivity contribution < 1.29 is 13.9 Å². The van der Waals surface area contributed by atoms with Gasteiger partial charge in [0.05, 0.1) is 10.0 Å². The maximum absolute atomic E-state index is 14.2. The van der Waals surface area contributed by atoms with E-state index in [-0.39, 0.29) is 28.0 Å². The van der Waals surface area contributed by atoms with E-state index >= 15 is 0 Å². The van der Waals surface area contributed by atoms with E-state index in [4.69, 9.17) is 28.3 Å². The van der Waals surface area contributed by atoms with Crippen molar-refractivity contribution in [3.63, 3.8) is 0 Å². The molecule has 1 fully saturated rings. The van der Waals surface area contributed by atoms with Gasteiger partial charge in [-0.3, -0.25) is 4.90 Å². The summed E-state index contributed by atoms with van der Waals surface area (Å²) in [6, 6.07) is 3.40. The molecule has 0 spiro atoms. The molecular formula is C13H17Cl3F2N2O. The number of rotatable bonds is 4. The van der Waals surface area contributed by atoms with Crippen LogP contribution in [0.2, 0.25) is 10.0 Å². The zero-order valence-corrected chi connectivity index (χ0v) is 13.5. The number of hydrogen-bond acceptors (Lipinski definition) is 3. The van der Waals surface area contributed by atoms with Crippen LogP contribution in [0.1, 0.15) is 11.6 Å². The van der Waals surface area contributed by atoms with Crippen molar-refractivity contribution >= 4 is 35.6 Å². The Hall–Kier alpha value is -0.170. The Morgan fingerprint density at radius 2 is 1.90 bits per heavy atom. The van der Waals surface area contributed by atoms with Crippen LogP contribution in [0.25, 0.3) is 0 Å². The van der Waals surface area contributed by atoms with Crippen molar-refractivity contribution in [1.82, 2.24) is 10.2 Å². The number of aliphatic hydroxyl groups excluding tert-OH is 1. The summed E-state index contributed by atoms with van der Waals surface area (Å²) in [4.78, 5) is 1.63. The number of hydrogen-bond donors (Lipinski definition) is 2. The minimum atomic E-state index is -3.29. The van der Waals surface area contributed by atoms with Gasteiger partial charge in [0.15, 0.2) is 0 Å². The highest BCUT2D eigenvalue weighted by atomic mass is 35.5. The summed E-state index contributed by atoms with van der Waals surface area (Å²) in [5.41, 5.74) is 0.250. The fourth-order valence-electron chi connectivity index (χ4n) is 2.45. The second-order valence-electron chi connectivity index (χ2n) is 4.75. The third-order valence-electron chi connectivity index (χ3n) is 3.40. The summed E-state index contributed by atoms with van der Waals surface area (Å²) >= 11 is 12.0. The van der Waals surface area contributed by atoms with Crippen LogP contribution in [0.5, 0.6) is 0 Å². The highest BCUT2D eigenvalue weighted by Gasteiger charge is 2.45. The molecular weight excluding hydrogens is 345 g/mol. The van der Waals surface area contributed by atoms with Gasteiger partial charge < -0.3 is 10.4 Å². The minimum absolute atomic E-state index is 0. The van der Waals surface area contributed by atoms with E-state index in [9.17, 15) is 8.78 Å². The molecule has 0 saturated carbocycles. The van der Waals surface area contributed by atoms with Crippen molar-refractivity contribution in [2.45, 2.75) is 12.0 Å². The number of benzene rings is 1. The Kier molecular flexibility index (Phi) is 7.10. The second kappa shape index (κ2) is 7.90. The van der Waals surface area contributed by atoms with Crippen molar-refractivity contribution in [1.29, 1.82) is 0 Å². The molecule has 0 amide bonds. The van der Waals surface area contributed by atoms with Gasteiger partial charge >= 0.3 is 0 Å². The van der Waals surface area contributed by atoms with Gasteiger partial charge in [0.2, 0.25) is 0 Å². The number of piperazine rings is 1. The molecule has 1 aliphatic heterocycles. The van der Waals surface area contributed by atoms with Crippen LogP contribution in [0.4, 0.5) is 8.78 Å². The molecule has 1 heterocycles. The van der Waals surface area contributed by atoms with Crippen LogP contribution >= 0.6 is 35.6 Å². The monoisotopic (exact) mass is 360 g/mol. The Morgan fingerprint density at radius 1 is 1.29 bits per heavy atom. The predicted octanol–water partition coefficient (Wildman–Crippen LogP) is 2.99. The molecule has 2 rings (SSSR count). The van der Waals surface area contributed by atoms with Crippen molar-refractivity contribution in [2.24, 2.45) is 0 Å². The summed E-state index contributed by atoms with van der Waals surface area (Å²) in [5.74, 6) is -3.29. The lowest BCUT2D eigenvalue weighted by Gasteiger charge is -2.39. The highest BCUT2D eigenvalue weighted by molar-refractivity contribution is 6.42. The third-order valence-corrected chi connectivity index (χ3v) is 4.24. The van der Waals surface area contributed by atoms with Crippen LogP contribution in [-0.4, -0.2) is 48.7 Å². The van der Waals surface area contributed by atoms with Gasteiger partial charge in [0, 0.05) is 26.2 Å². The van der Waals surface area contributed by atoms with E-state index < -0.39 is 18.6 Å². The zero-order chi connectivity index (χ0) is 14.8. The van der Waals surface area contributed by atoms with Crippen LogP contribution < -0.4 is 5.32 Å². The smallest absolute Gasteiger partial charge is 0.289 e. The lowest BCUT2D eigenvalue weighted by molar-refractivity contribution is -0.118. The van der Waals surface area contributed by atoms with Gasteiger partial charge in [-0.15, -0.1) is 12.4 Å². The summed E-state index contributed by atoms with van der Waals surface area (Å²) in [7, 11) is 0. The zero-order valence-electron chi connectivity index (χ0n) is 11.2. The van der Waals surface area contributed by atoms with Gasteiger partial charge in [-0.25, -0.2) is 8.78 Å². The first-order valence-electron chi connectivity index (χ1n) is 6.34. The second-order valence-corrected chi connectivity index (χ2v) is 5.54. The number of nitrogens with one attached hydrogen (secondary N) is 1. The lowest BCUT2D eigenvalue weighted by atomic mass is 9.98. The van der Waals surface area contributed by atoms with Crippen molar-refractivity contribution in [2.75, 3.05) is 32.8 Å². The first kappa shape index (κ1) is 18.9. The fourth-order valence-corrected chi connectivity index (χ4v) is 2.86. The normalized spacial score (nSPS) is 18.1. The summed E-state index contributed by atoms with van der Waals surface area (Å²) in [5, 5.41) is 12.5. The van der Waals surface area contributed by atoms with Gasteiger partial charge in [-0.1, -0.05) is 35.3 Å². The van der Waals surface area contributed by atoms with Crippen molar-refractivity contribution in [3.8, 4) is 0 Å². The van der Waals surface area contributed by atoms with Gasteiger partial charge in [0.1, 0.15) is 12.6 Å². The molecule has 1 aliphatic rings. The molecule has 1 saturated heterocycles. The molecule has 0 aliphatic carbocycles. The van der Waals surface area contributed by atoms with Crippen molar-refractivity contribution in [3.05, 3.63) is 33.8 Å². The average molecular weight is 362 g/mol. The lowest BCUT2D eigenvalue weighted by Crippen LogP contribution is -2.51. The first-order valence-corrected chi connectivity index (χ1v) is 7.10. The molecule has 3 nitrogen and oxygen atoms in total. The first-order chi connectivity index (χ1) is 9.47. The molecule has 120 valence electrons. The average Bonchev–Trinajstić information content (AvgIpc) is 2.45. The Balaban J connectivity index is 0.00000220. The molecule has 8 heteroatoms. The van der Waals surface area contributed by atoms with Gasteiger partial charge in [0.25, 0.3) is 5.92 Å².